The highest BCUT2D eigenvalue weighted by molar-refractivity contribution is 6.35. The Morgan fingerprint density at radius 3 is 2.41 bits per heavy atom. The second-order valence-electron chi connectivity index (χ2n) is 17.3. The zero-order valence-corrected chi connectivity index (χ0v) is 39.7. The molecule has 3 aromatic heterocycles. The summed E-state index contributed by atoms with van der Waals surface area (Å²) in [6.45, 7) is 10.8. The molecule has 14 nitrogen and oxygen atoms in total. The Bertz CT molecular complexity index is 3070. The average Bonchev–Trinajstić information content (AvgIpc) is 3.77. The van der Waals surface area contributed by atoms with Crippen molar-refractivity contribution in [2.24, 2.45) is 7.05 Å². The van der Waals surface area contributed by atoms with Crippen molar-refractivity contribution in [3.63, 3.8) is 0 Å². The predicted octanol–water partition coefficient (Wildman–Crippen LogP) is 8.55. The molecule has 1 aliphatic rings. The van der Waals surface area contributed by atoms with Crippen LogP contribution in [-0.4, -0.2) is 104 Å². The van der Waals surface area contributed by atoms with E-state index in [1.54, 1.807) is 27.8 Å². The maximum Gasteiger partial charge on any atom is 0.352 e. The van der Waals surface area contributed by atoms with E-state index < -0.39 is 11.9 Å². The number of pyridine rings is 1. The number of halogens is 2. The second kappa shape index (κ2) is 20.6. The molecular weight excluding hydrogens is 889 g/mol. The molecule has 0 spiro atoms. The number of hydrogen-bond donors (Lipinski definition) is 2. The number of carbonyl (C=O) groups excluding carboxylic acids is 3. The summed E-state index contributed by atoms with van der Waals surface area (Å²) < 4.78 is 29.9. The number of piperazine rings is 1. The van der Waals surface area contributed by atoms with Crippen LogP contribution in [0.25, 0.3) is 43.7 Å². The number of benzene rings is 4. The minimum atomic E-state index is -1.05. The first-order valence-electron chi connectivity index (χ1n) is 22.9. The van der Waals surface area contributed by atoms with E-state index in [9.17, 15) is 28.7 Å². The molecule has 68 heavy (non-hydrogen) atoms. The van der Waals surface area contributed by atoms with Crippen LogP contribution < -0.4 is 14.8 Å². The molecule has 0 aliphatic carbocycles. The van der Waals surface area contributed by atoms with Crippen LogP contribution in [0.15, 0.2) is 72.8 Å². The first kappa shape index (κ1) is 47.6. The van der Waals surface area contributed by atoms with Gasteiger partial charge in [0.05, 0.1) is 34.3 Å². The highest BCUT2D eigenvalue weighted by atomic mass is 35.5. The zero-order chi connectivity index (χ0) is 48.2. The molecule has 1 unspecified atom stereocenters. The molecule has 354 valence electrons. The van der Waals surface area contributed by atoms with Gasteiger partial charge in [0.2, 0.25) is 12.3 Å². The first-order valence-corrected chi connectivity index (χ1v) is 23.3. The molecule has 0 saturated carbocycles. The fraction of sp³-hybridized carbons (Fsp3) is 0.346. The molecule has 1 fully saturated rings. The van der Waals surface area contributed by atoms with E-state index in [1.807, 2.05) is 81.8 Å². The van der Waals surface area contributed by atoms with Crippen LogP contribution >= 0.6 is 11.6 Å². The number of amides is 3. The van der Waals surface area contributed by atoms with Crippen molar-refractivity contribution < 1.29 is 38.1 Å². The van der Waals surface area contributed by atoms with Crippen molar-refractivity contribution in [3.05, 3.63) is 118 Å². The summed E-state index contributed by atoms with van der Waals surface area (Å²) in [7, 11) is 1.87. The lowest BCUT2D eigenvalue weighted by Gasteiger charge is -2.34. The zero-order valence-electron chi connectivity index (χ0n) is 38.9. The van der Waals surface area contributed by atoms with Gasteiger partial charge >= 0.3 is 5.97 Å². The van der Waals surface area contributed by atoms with Crippen molar-refractivity contribution in [2.75, 3.05) is 45.9 Å². The molecule has 7 aromatic rings. The molecule has 2 N–H and O–H groups in total. The Labute approximate surface area is 398 Å². The van der Waals surface area contributed by atoms with Crippen LogP contribution in [0.4, 0.5) is 4.39 Å². The molecule has 1 aliphatic heterocycles. The fourth-order valence-corrected chi connectivity index (χ4v) is 9.90. The summed E-state index contributed by atoms with van der Waals surface area (Å²) in [6, 6.07) is 21.1. The van der Waals surface area contributed by atoms with E-state index in [4.69, 9.17) is 26.1 Å². The minimum absolute atomic E-state index is 0.157. The molecule has 4 aromatic carbocycles. The van der Waals surface area contributed by atoms with Crippen molar-refractivity contribution in [2.45, 2.75) is 65.8 Å². The third-order valence-electron chi connectivity index (χ3n) is 13.1. The van der Waals surface area contributed by atoms with Crippen molar-refractivity contribution in [1.82, 2.24) is 34.4 Å². The molecule has 3 amide bonds. The van der Waals surface area contributed by atoms with E-state index >= 15 is 0 Å². The van der Waals surface area contributed by atoms with Gasteiger partial charge in [0.25, 0.3) is 5.91 Å². The second-order valence-corrected chi connectivity index (χ2v) is 17.7. The predicted molar refractivity (Wildman–Crippen MR) is 260 cm³/mol. The third kappa shape index (κ3) is 9.76. The summed E-state index contributed by atoms with van der Waals surface area (Å²) in [5.41, 5.74) is 7.02. The number of aromatic nitrogens is 4. The summed E-state index contributed by atoms with van der Waals surface area (Å²) in [5, 5.41) is 21.5. The number of fused-ring (bicyclic) bond motifs is 3. The van der Waals surface area contributed by atoms with Crippen LogP contribution in [-0.2, 0) is 34.4 Å². The number of aryl methyl sites for hydroxylation is 4. The standard InChI is InChI=1S/C52H55ClFN7O7/c1-6-9-41(51(64)55-30-62)42-28-35-27-37(14-18-44(35)56-31(42)2)68-29-46(63)60-22-19-59(20-23-60)21-24-61-49-40(16-17-43(53)48(49)47-32(3)57-58(5)33(47)4)39(50(61)52(65)66)11-8-25-67-45-12-7-10-34-26-36(54)13-15-38(34)45/h7,10,12-18,26-28,30,41H,6,8-9,11,19-25,29H2,1-5H3,(H,65,66)(H,55,62,64). The van der Waals surface area contributed by atoms with Gasteiger partial charge in [-0.1, -0.05) is 43.1 Å². The van der Waals surface area contributed by atoms with Crippen LogP contribution in [0, 0.1) is 26.6 Å². The molecule has 0 bridgehead atoms. The van der Waals surface area contributed by atoms with Crippen LogP contribution in [0.3, 0.4) is 0 Å². The maximum absolute atomic E-state index is 14.0. The van der Waals surface area contributed by atoms with Crippen molar-refractivity contribution >= 4 is 68.4 Å². The average molecular weight is 945 g/mol. The molecule has 1 saturated heterocycles. The fourth-order valence-electron chi connectivity index (χ4n) is 9.65. The lowest BCUT2D eigenvalue weighted by molar-refractivity contribution is -0.135. The van der Waals surface area contributed by atoms with Gasteiger partial charge in [-0.05, 0) is 111 Å². The van der Waals surface area contributed by atoms with Gasteiger partial charge in [0, 0.05) is 85.0 Å². The van der Waals surface area contributed by atoms with E-state index in [-0.39, 0.29) is 29.9 Å². The Morgan fingerprint density at radius 2 is 1.69 bits per heavy atom. The number of carboxylic acid groups (broad SMARTS) is 1. The van der Waals surface area contributed by atoms with E-state index in [1.165, 1.54) is 12.1 Å². The molecule has 1 atom stereocenters. The molecular formula is C52H55ClFN7O7. The van der Waals surface area contributed by atoms with Crippen molar-refractivity contribution in [3.8, 4) is 22.6 Å². The summed E-state index contributed by atoms with van der Waals surface area (Å²) >= 11 is 7.07. The molecule has 16 heteroatoms. The highest BCUT2D eigenvalue weighted by Crippen LogP contribution is 2.42. The quantitative estimate of drug-likeness (QED) is 0.0630. The van der Waals surface area contributed by atoms with Gasteiger partial charge in [0.15, 0.2) is 6.61 Å². The third-order valence-corrected chi connectivity index (χ3v) is 13.4. The Hall–Kier alpha value is -6.84. The Kier molecular flexibility index (Phi) is 14.4. The maximum atomic E-state index is 14.0. The SMILES string of the molecule is CCCC(C(=O)NC=O)c1cc2cc(OCC(=O)N3CCN(CCn4c(C(=O)O)c(CCCOc5cccc6cc(F)ccc56)c5ccc(Cl)c(-c6c(C)nn(C)c6C)c54)CC3)ccc2nc1C. The number of rotatable bonds is 18. The van der Waals surface area contributed by atoms with Crippen molar-refractivity contribution in [1.29, 1.82) is 0 Å². The van der Waals surface area contributed by atoms with Gasteiger partial charge < -0.3 is 24.0 Å². The lowest BCUT2D eigenvalue weighted by atomic mass is 9.91. The Morgan fingerprint density at radius 1 is 0.912 bits per heavy atom. The monoisotopic (exact) mass is 943 g/mol. The van der Waals surface area contributed by atoms with Crippen LogP contribution in [0.1, 0.15) is 70.8 Å². The molecule has 4 heterocycles. The Balaban J connectivity index is 0.970. The number of carboxylic acids is 1. The van der Waals surface area contributed by atoms with E-state index in [2.05, 4.69) is 15.3 Å². The number of hydrogen-bond acceptors (Lipinski definition) is 9. The van der Waals surface area contributed by atoms with E-state index in [0.717, 1.165) is 67.1 Å². The highest BCUT2D eigenvalue weighted by Gasteiger charge is 2.29. The van der Waals surface area contributed by atoms with Gasteiger partial charge in [-0.15, -0.1) is 0 Å². The number of imide groups is 1. The topological polar surface area (TPSA) is 161 Å². The van der Waals surface area contributed by atoms with E-state index in [0.29, 0.717) is 99.3 Å². The number of nitrogens with zero attached hydrogens (tertiary/aromatic N) is 6. The number of carbonyl (C=O) groups is 4. The number of ether oxygens (including phenoxy) is 2. The normalized spacial score (nSPS) is 13.6. The van der Waals surface area contributed by atoms with Gasteiger partial charge in [0.1, 0.15) is 23.0 Å². The lowest BCUT2D eigenvalue weighted by Crippen LogP contribution is -2.50. The summed E-state index contributed by atoms with van der Waals surface area (Å²) in [4.78, 5) is 59.4. The van der Waals surface area contributed by atoms with Crippen LogP contribution in [0.2, 0.25) is 5.02 Å². The molecule has 8 rings (SSSR count). The summed E-state index contributed by atoms with van der Waals surface area (Å²) in [5.74, 6) is -1.32. The van der Waals surface area contributed by atoms with Gasteiger partial charge in [-0.25, -0.2) is 9.18 Å². The molecule has 0 radical (unpaired) electrons. The largest absolute Gasteiger partial charge is 0.493 e. The van der Waals surface area contributed by atoms with Gasteiger partial charge in [-0.2, -0.15) is 5.10 Å². The minimum Gasteiger partial charge on any atom is -0.493 e. The van der Waals surface area contributed by atoms with Crippen LogP contribution in [0.5, 0.6) is 11.5 Å². The smallest absolute Gasteiger partial charge is 0.352 e. The first-order chi connectivity index (χ1) is 32.8. The van der Waals surface area contributed by atoms with Gasteiger partial charge in [-0.3, -0.25) is 34.3 Å². The number of aromatic carboxylic acids is 1. The number of nitrogens with one attached hydrogen (secondary N) is 1. The summed E-state index contributed by atoms with van der Waals surface area (Å²) in [6.07, 6.45) is 2.62.